The summed E-state index contributed by atoms with van der Waals surface area (Å²) in [6, 6.07) is 5.61. The predicted octanol–water partition coefficient (Wildman–Crippen LogP) is 2.80. The summed E-state index contributed by atoms with van der Waals surface area (Å²) in [6.07, 6.45) is 9.38. The number of fused-ring (bicyclic) bond motifs is 2. The van der Waals surface area contributed by atoms with Crippen molar-refractivity contribution >= 4 is 6.29 Å². The number of aldehydes is 1. The van der Waals surface area contributed by atoms with Gasteiger partial charge in [-0.05, 0) is 55.2 Å². The quantitative estimate of drug-likeness (QED) is 0.645. The maximum Gasteiger partial charge on any atom is 0.168 e. The molecule has 3 unspecified atom stereocenters. The van der Waals surface area contributed by atoms with E-state index >= 15 is 0 Å². The largest absolute Gasteiger partial charge is 0.486 e. The van der Waals surface area contributed by atoms with Crippen LogP contribution in [-0.4, -0.2) is 12.4 Å². The Labute approximate surface area is 124 Å². The molecule has 4 nitrogen and oxygen atoms in total. The highest BCUT2D eigenvalue weighted by molar-refractivity contribution is 5.57. The molecule has 0 heterocycles. The van der Waals surface area contributed by atoms with Gasteiger partial charge in [-0.1, -0.05) is 6.07 Å². The van der Waals surface area contributed by atoms with E-state index in [1.54, 1.807) is 0 Å². The molecule has 2 N–H and O–H groups in total. The third-order valence-corrected chi connectivity index (χ3v) is 4.55. The fourth-order valence-corrected chi connectivity index (χ4v) is 3.57. The van der Waals surface area contributed by atoms with E-state index in [1.165, 1.54) is 31.7 Å². The zero-order chi connectivity index (χ0) is 14.7. The summed E-state index contributed by atoms with van der Waals surface area (Å²) in [5.74, 6) is 2.85. The summed E-state index contributed by atoms with van der Waals surface area (Å²) in [5.41, 5.74) is 6.26. The Hall–Kier alpha value is -1.97. The lowest BCUT2D eigenvalue weighted by Gasteiger charge is -2.24. The zero-order valence-electron chi connectivity index (χ0n) is 12.0. The first-order chi connectivity index (χ1) is 10.3. The van der Waals surface area contributed by atoms with Crippen LogP contribution in [0.1, 0.15) is 31.2 Å². The molecule has 2 saturated carbocycles. The van der Waals surface area contributed by atoms with E-state index in [4.69, 9.17) is 15.2 Å². The molecule has 21 heavy (non-hydrogen) atoms. The van der Waals surface area contributed by atoms with Crippen molar-refractivity contribution in [3.63, 3.8) is 0 Å². The van der Waals surface area contributed by atoms with Crippen LogP contribution in [0.15, 0.2) is 30.7 Å². The van der Waals surface area contributed by atoms with Crippen LogP contribution in [0.5, 0.6) is 11.5 Å². The SMILES string of the molecule is NC=COc1ccc(CC=O)cc1OC1CC2CCC1C2. The van der Waals surface area contributed by atoms with Gasteiger partial charge < -0.3 is 20.0 Å². The topological polar surface area (TPSA) is 61.5 Å². The minimum Gasteiger partial charge on any atom is -0.486 e. The first kappa shape index (κ1) is 14.0. The van der Waals surface area contributed by atoms with Crippen LogP contribution in [0.25, 0.3) is 0 Å². The normalized spacial score (nSPS) is 27.1. The second-order valence-electron chi connectivity index (χ2n) is 5.93. The number of carbonyl (C=O) groups excluding carboxylic acids is 1. The van der Waals surface area contributed by atoms with Crippen molar-refractivity contribution in [1.82, 2.24) is 0 Å². The van der Waals surface area contributed by atoms with Crippen molar-refractivity contribution in [2.24, 2.45) is 17.6 Å². The molecule has 1 aromatic carbocycles. The molecule has 0 saturated heterocycles. The third kappa shape index (κ3) is 3.04. The van der Waals surface area contributed by atoms with Gasteiger partial charge in [0.2, 0.25) is 0 Å². The molecule has 0 aliphatic heterocycles. The summed E-state index contributed by atoms with van der Waals surface area (Å²) in [4.78, 5) is 10.7. The zero-order valence-corrected chi connectivity index (χ0v) is 12.0. The van der Waals surface area contributed by atoms with E-state index in [-0.39, 0.29) is 6.10 Å². The number of carbonyl (C=O) groups is 1. The number of ether oxygens (including phenoxy) is 2. The summed E-state index contributed by atoms with van der Waals surface area (Å²) in [7, 11) is 0. The van der Waals surface area contributed by atoms with Crippen molar-refractivity contribution in [2.45, 2.75) is 38.2 Å². The van der Waals surface area contributed by atoms with Crippen LogP contribution in [0, 0.1) is 11.8 Å². The predicted molar refractivity (Wildman–Crippen MR) is 80.0 cm³/mol. The van der Waals surface area contributed by atoms with Crippen molar-refractivity contribution in [3.8, 4) is 11.5 Å². The summed E-state index contributed by atoms with van der Waals surface area (Å²) >= 11 is 0. The van der Waals surface area contributed by atoms with Gasteiger partial charge in [-0.25, -0.2) is 0 Å². The molecule has 0 amide bonds. The maximum atomic E-state index is 10.7. The van der Waals surface area contributed by atoms with Gasteiger partial charge in [0.25, 0.3) is 0 Å². The van der Waals surface area contributed by atoms with E-state index in [2.05, 4.69) is 0 Å². The molecule has 1 aromatic rings. The average molecular weight is 287 g/mol. The van der Waals surface area contributed by atoms with Crippen molar-refractivity contribution < 1.29 is 14.3 Å². The minimum atomic E-state index is 0.277. The minimum absolute atomic E-state index is 0.277. The molecule has 2 fully saturated rings. The molecule has 0 radical (unpaired) electrons. The fourth-order valence-electron chi connectivity index (χ4n) is 3.57. The standard InChI is InChI=1S/C17H21NO3/c18-6-8-20-15-4-2-12(5-7-19)10-17(15)21-16-11-13-1-3-14(16)9-13/h2,4,6-8,10,13-14,16H,1,3,5,9,11,18H2. The Kier molecular flexibility index (Phi) is 4.13. The molecule has 112 valence electrons. The van der Waals surface area contributed by atoms with Crippen LogP contribution in [0.2, 0.25) is 0 Å². The Balaban J connectivity index is 1.79. The van der Waals surface area contributed by atoms with Crippen LogP contribution >= 0.6 is 0 Å². The highest BCUT2D eigenvalue weighted by atomic mass is 16.5. The van der Waals surface area contributed by atoms with E-state index in [0.717, 1.165) is 24.2 Å². The highest BCUT2D eigenvalue weighted by Crippen LogP contribution is 2.46. The molecular formula is C17H21NO3. The number of rotatable bonds is 6. The Morgan fingerprint density at radius 2 is 2.14 bits per heavy atom. The molecule has 0 aromatic heterocycles. The monoisotopic (exact) mass is 287 g/mol. The van der Waals surface area contributed by atoms with Gasteiger partial charge in [-0.3, -0.25) is 0 Å². The van der Waals surface area contributed by atoms with E-state index in [9.17, 15) is 4.79 Å². The third-order valence-electron chi connectivity index (χ3n) is 4.55. The lowest BCUT2D eigenvalue weighted by atomic mass is 9.97. The van der Waals surface area contributed by atoms with Crippen molar-refractivity contribution in [3.05, 3.63) is 36.2 Å². The summed E-state index contributed by atoms with van der Waals surface area (Å²) < 4.78 is 11.7. The molecule has 2 aliphatic carbocycles. The van der Waals surface area contributed by atoms with E-state index < -0.39 is 0 Å². The van der Waals surface area contributed by atoms with Crippen LogP contribution in [0.4, 0.5) is 0 Å². The summed E-state index contributed by atoms with van der Waals surface area (Å²) in [6.45, 7) is 0. The van der Waals surface area contributed by atoms with Gasteiger partial charge in [0.05, 0.1) is 0 Å². The van der Waals surface area contributed by atoms with E-state index in [1.807, 2.05) is 18.2 Å². The Morgan fingerprint density at radius 1 is 1.24 bits per heavy atom. The smallest absolute Gasteiger partial charge is 0.168 e. The maximum absolute atomic E-state index is 10.7. The van der Waals surface area contributed by atoms with Crippen LogP contribution < -0.4 is 15.2 Å². The average Bonchev–Trinajstić information content (AvgIpc) is 3.09. The van der Waals surface area contributed by atoms with Gasteiger partial charge in [0.1, 0.15) is 18.7 Å². The first-order valence-corrected chi connectivity index (χ1v) is 7.56. The van der Waals surface area contributed by atoms with Crippen LogP contribution in [0.3, 0.4) is 0 Å². The molecule has 3 rings (SSSR count). The number of nitrogens with two attached hydrogens (primary N) is 1. The van der Waals surface area contributed by atoms with E-state index in [0.29, 0.717) is 23.8 Å². The van der Waals surface area contributed by atoms with Gasteiger partial charge in [0.15, 0.2) is 11.5 Å². The molecule has 0 spiro atoms. The Bertz CT molecular complexity index is 541. The molecule has 4 heteroatoms. The Morgan fingerprint density at radius 3 is 2.81 bits per heavy atom. The van der Waals surface area contributed by atoms with Crippen LogP contribution in [-0.2, 0) is 11.2 Å². The van der Waals surface area contributed by atoms with Crippen molar-refractivity contribution in [2.75, 3.05) is 0 Å². The number of hydrogen-bond acceptors (Lipinski definition) is 4. The molecule has 2 bridgehead atoms. The first-order valence-electron chi connectivity index (χ1n) is 7.56. The van der Waals surface area contributed by atoms with Gasteiger partial charge in [-0.2, -0.15) is 0 Å². The number of benzene rings is 1. The lowest BCUT2D eigenvalue weighted by molar-refractivity contribution is -0.107. The second kappa shape index (κ2) is 6.20. The number of hydrogen-bond donors (Lipinski definition) is 1. The fraction of sp³-hybridized carbons (Fsp3) is 0.471. The molecule has 3 atom stereocenters. The second-order valence-corrected chi connectivity index (χ2v) is 5.93. The van der Waals surface area contributed by atoms with Gasteiger partial charge in [0, 0.05) is 12.6 Å². The highest BCUT2D eigenvalue weighted by Gasteiger charge is 2.41. The molecular weight excluding hydrogens is 266 g/mol. The molecule has 2 aliphatic rings. The van der Waals surface area contributed by atoms with Gasteiger partial charge >= 0.3 is 0 Å². The lowest BCUT2D eigenvalue weighted by Crippen LogP contribution is -2.23. The summed E-state index contributed by atoms with van der Waals surface area (Å²) in [5, 5.41) is 0. The van der Waals surface area contributed by atoms with Crippen molar-refractivity contribution in [1.29, 1.82) is 0 Å². The van der Waals surface area contributed by atoms with Gasteiger partial charge in [-0.15, -0.1) is 0 Å².